The van der Waals surface area contributed by atoms with E-state index in [1.165, 1.54) is 0 Å². The molecule has 0 saturated heterocycles. The number of hydrogen-bond acceptors (Lipinski definition) is 6. The number of pyridine rings is 2. The Hall–Kier alpha value is -3.41. The lowest BCUT2D eigenvalue weighted by Crippen LogP contribution is -2.39. The largest absolute Gasteiger partial charge is 0.508 e. The lowest BCUT2D eigenvalue weighted by Gasteiger charge is -2.33. The van der Waals surface area contributed by atoms with Crippen LogP contribution in [0.4, 0.5) is 0 Å². The lowest BCUT2D eigenvalue weighted by molar-refractivity contribution is -0.0153. The number of hydrogen-bond donors (Lipinski definition) is 2. The summed E-state index contributed by atoms with van der Waals surface area (Å²) in [6.07, 6.45) is 0.887. The molecule has 2 aromatic heterocycles. The maximum atomic E-state index is 13.3. The van der Waals surface area contributed by atoms with E-state index in [0.29, 0.717) is 35.5 Å². The van der Waals surface area contributed by atoms with Crippen molar-refractivity contribution in [3.8, 4) is 17.1 Å². The highest BCUT2D eigenvalue weighted by atomic mass is 16.5. The molecule has 0 aliphatic carbocycles. The van der Waals surface area contributed by atoms with E-state index in [9.17, 15) is 19.8 Å². The van der Waals surface area contributed by atoms with E-state index < -0.39 is 5.60 Å². The number of phenolic OH excluding ortho intramolecular Hbond substituents is 1. The fourth-order valence-corrected chi connectivity index (χ4v) is 4.70. The zero-order chi connectivity index (χ0) is 21.2. The molecule has 1 atom stereocenters. The van der Waals surface area contributed by atoms with Gasteiger partial charge in [-0.2, -0.15) is 0 Å². The molecule has 3 aromatic rings. The minimum Gasteiger partial charge on any atom is -0.508 e. The second kappa shape index (κ2) is 6.29. The molecule has 1 aromatic carbocycles. The van der Waals surface area contributed by atoms with Crippen LogP contribution in [0, 0.1) is 0 Å². The SMILES string of the molecule is CCc1c2c(nc3ccc(O)cc13)-c1cc3c(c(=O)n1C2)COC(=C=O)[C@]3(O)CC. The molecular formula is C23H20N2O5. The average molecular weight is 404 g/mol. The molecule has 7 nitrogen and oxygen atoms in total. The molecule has 2 N–H and O–H groups in total. The molecule has 152 valence electrons. The standard InChI is InChI=1S/C23H20N2O5/c1-3-13-14-7-12(27)5-6-18(14)24-21-15(13)9-25-19(21)8-17-16(22(25)28)11-30-20(10-26)23(17,29)4-2/h5-8,27,29H,3-4,9,11H2,1-2H3/t23-/m0/s1. The van der Waals surface area contributed by atoms with Gasteiger partial charge in [-0.15, -0.1) is 0 Å². The fourth-order valence-electron chi connectivity index (χ4n) is 4.70. The van der Waals surface area contributed by atoms with Gasteiger partial charge in [0.15, 0.2) is 11.5 Å². The number of nitrogens with zero attached hydrogens (tertiary/aromatic N) is 2. The molecule has 0 saturated carbocycles. The zero-order valence-corrected chi connectivity index (χ0v) is 16.7. The molecule has 2 aliphatic rings. The Morgan fingerprint density at radius 1 is 1.27 bits per heavy atom. The van der Waals surface area contributed by atoms with Crippen molar-refractivity contribution in [2.24, 2.45) is 0 Å². The highest BCUT2D eigenvalue weighted by Crippen LogP contribution is 2.42. The Labute approximate surface area is 171 Å². The number of fused-ring (bicyclic) bond motifs is 5. The van der Waals surface area contributed by atoms with Gasteiger partial charge in [0, 0.05) is 16.5 Å². The molecule has 2 aliphatic heterocycles. The first-order chi connectivity index (χ1) is 14.4. The van der Waals surface area contributed by atoms with E-state index in [-0.39, 0.29) is 30.1 Å². The molecule has 0 spiro atoms. The van der Waals surface area contributed by atoms with Crippen LogP contribution in [0.25, 0.3) is 22.3 Å². The summed E-state index contributed by atoms with van der Waals surface area (Å²) >= 11 is 0. The molecular weight excluding hydrogens is 384 g/mol. The molecule has 0 fully saturated rings. The lowest BCUT2D eigenvalue weighted by atomic mass is 9.84. The van der Waals surface area contributed by atoms with Crippen LogP contribution in [0.1, 0.15) is 42.5 Å². The molecule has 30 heavy (non-hydrogen) atoms. The molecule has 0 radical (unpaired) electrons. The van der Waals surface area contributed by atoms with Crippen molar-refractivity contribution in [3.05, 3.63) is 62.6 Å². The van der Waals surface area contributed by atoms with Gasteiger partial charge in [-0.1, -0.05) is 13.8 Å². The third-order valence-corrected chi connectivity index (χ3v) is 6.29. The number of carbonyl (C=O) groups excluding carboxylic acids is 1. The van der Waals surface area contributed by atoms with Gasteiger partial charge in [0.1, 0.15) is 12.4 Å². The number of benzene rings is 1. The minimum absolute atomic E-state index is 0.0818. The van der Waals surface area contributed by atoms with Crippen molar-refractivity contribution in [2.45, 2.75) is 45.4 Å². The topological polar surface area (TPSA) is 102 Å². The Bertz CT molecular complexity index is 1350. The van der Waals surface area contributed by atoms with Crippen LogP contribution in [0.3, 0.4) is 0 Å². The van der Waals surface area contributed by atoms with Crippen LogP contribution in [0.5, 0.6) is 5.75 Å². The number of aromatic nitrogens is 2. The van der Waals surface area contributed by atoms with Gasteiger partial charge in [0.05, 0.1) is 29.0 Å². The summed E-state index contributed by atoms with van der Waals surface area (Å²) in [5, 5.41) is 22.0. The van der Waals surface area contributed by atoms with E-state index in [0.717, 1.165) is 22.0 Å². The van der Waals surface area contributed by atoms with Crippen molar-refractivity contribution in [2.75, 3.05) is 0 Å². The summed E-state index contributed by atoms with van der Waals surface area (Å²) < 4.78 is 7.03. The Balaban J connectivity index is 1.84. The number of phenols is 1. The van der Waals surface area contributed by atoms with Crippen molar-refractivity contribution in [3.63, 3.8) is 0 Å². The Morgan fingerprint density at radius 3 is 2.77 bits per heavy atom. The number of rotatable bonds is 2. The van der Waals surface area contributed by atoms with E-state index in [4.69, 9.17) is 9.72 Å². The van der Waals surface area contributed by atoms with Gasteiger partial charge >= 0.3 is 0 Å². The van der Waals surface area contributed by atoms with Crippen molar-refractivity contribution < 1.29 is 19.7 Å². The van der Waals surface area contributed by atoms with Gasteiger partial charge in [-0.25, -0.2) is 9.78 Å². The van der Waals surface area contributed by atoms with Gasteiger partial charge in [-0.05, 0) is 42.7 Å². The van der Waals surface area contributed by atoms with Crippen molar-refractivity contribution in [1.29, 1.82) is 0 Å². The monoisotopic (exact) mass is 404 g/mol. The number of ether oxygens (including phenoxy) is 1. The molecule has 0 unspecified atom stereocenters. The van der Waals surface area contributed by atoms with Gasteiger partial charge in [0.2, 0.25) is 5.76 Å². The predicted octanol–water partition coefficient (Wildman–Crippen LogP) is 2.54. The second-order valence-corrected chi connectivity index (χ2v) is 7.72. The minimum atomic E-state index is -1.69. The third-order valence-electron chi connectivity index (χ3n) is 6.29. The highest BCUT2D eigenvalue weighted by molar-refractivity contribution is 5.89. The summed E-state index contributed by atoms with van der Waals surface area (Å²) in [6.45, 7) is 4.03. The maximum Gasteiger partial charge on any atom is 0.258 e. The Morgan fingerprint density at radius 2 is 2.07 bits per heavy atom. The van der Waals surface area contributed by atoms with E-state index in [1.54, 1.807) is 41.7 Å². The number of aliphatic hydroxyl groups is 1. The van der Waals surface area contributed by atoms with Crippen LogP contribution in [0.15, 0.2) is 34.8 Å². The maximum absolute atomic E-state index is 13.3. The van der Waals surface area contributed by atoms with Crippen molar-refractivity contribution in [1.82, 2.24) is 9.55 Å². The second-order valence-electron chi connectivity index (χ2n) is 7.72. The zero-order valence-electron chi connectivity index (χ0n) is 16.7. The summed E-state index contributed by atoms with van der Waals surface area (Å²) in [4.78, 5) is 29.5. The fraction of sp³-hybridized carbons (Fsp3) is 0.304. The van der Waals surface area contributed by atoms with Crippen molar-refractivity contribution >= 4 is 16.8 Å². The first kappa shape index (κ1) is 18.6. The predicted molar refractivity (Wildman–Crippen MR) is 110 cm³/mol. The summed E-state index contributed by atoms with van der Waals surface area (Å²) in [5.41, 5.74) is 2.76. The average Bonchev–Trinajstić information content (AvgIpc) is 3.11. The van der Waals surface area contributed by atoms with Crippen LogP contribution in [0.2, 0.25) is 0 Å². The molecule has 0 bridgehead atoms. The van der Waals surface area contributed by atoms with Gasteiger partial charge in [-0.3, -0.25) is 4.79 Å². The molecule has 5 rings (SSSR count). The molecule has 7 heteroatoms. The Kier molecular flexibility index (Phi) is 3.90. The van der Waals surface area contributed by atoms with Crippen LogP contribution in [-0.2, 0) is 34.7 Å². The number of aromatic hydroxyl groups is 1. The van der Waals surface area contributed by atoms with E-state index in [1.807, 2.05) is 6.92 Å². The van der Waals surface area contributed by atoms with Gasteiger partial charge < -0.3 is 19.5 Å². The summed E-state index contributed by atoms with van der Waals surface area (Å²) in [6, 6.07) is 6.80. The normalized spacial score (nSPS) is 19.1. The van der Waals surface area contributed by atoms with Crippen LogP contribution in [-0.4, -0.2) is 25.7 Å². The first-order valence-electron chi connectivity index (χ1n) is 9.95. The van der Waals surface area contributed by atoms with Crippen LogP contribution >= 0.6 is 0 Å². The van der Waals surface area contributed by atoms with E-state index in [2.05, 4.69) is 0 Å². The number of aryl methyl sites for hydroxylation is 1. The smallest absolute Gasteiger partial charge is 0.258 e. The highest BCUT2D eigenvalue weighted by Gasteiger charge is 2.43. The third kappa shape index (κ3) is 2.27. The summed E-state index contributed by atoms with van der Waals surface area (Å²) in [7, 11) is 0. The molecule has 0 amide bonds. The first-order valence-corrected chi connectivity index (χ1v) is 9.95. The van der Waals surface area contributed by atoms with E-state index >= 15 is 0 Å². The van der Waals surface area contributed by atoms with Gasteiger partial charge in [0.25, 0.3) is 5.56 Å². The summed E-state index contributed by atoms with van der Waals surface area (Å²) in [5.74, 6) is 1.66. The quantitative estimate of drug-likeness (QED) is 0.498. The van der Waals surface area contributed by atoms with Crippen LogP contribution < -0.4 is 5.56 Å². The molecule has 4 heterocycles.